The maximum atomic E-state index is 13.5. The van der Waals surface area contributed by atoms with Crippen molar-refractivity contribution in [3.63, 3.8) is 0 Å². The number of aromatic amines is 1. The van der Waals surface area contributed by atoms with E-state index in [9.17, 15) is 9.18 Å². The van der Waals surface area contributed by atoms with Gasteiger partial charge in [0.15, 0.2) is 5.65 Å². The van der Waals surface area contributed by atoms with Crippen molar-refractivity contribution in [1.29, 1.82) is 0 Å². The van der Waals surface area contributed by atoms with E-state index in [2.05, 4.69) is 15.1 Å². The molecule has 0 atom stereocenters. The fraction of sp³-hybridized carbons (Fsp3) is 0.214. The van der Waals surface area contributed by atoms with Crippen LogP contribution in [0.1, 0.15) is 24.3 Å². The maximum Gasteiger partial charge on any atom is 0.261 e. The van der Waals surface area contributed by atoms with Crippen LogP contribution in [0.15, 0.2) is 35.5 Å². The second-order valence-corrected chi connectivity index (χ2v) is 5.00. The van der Waals surface area contributed by atoms with E-state index in [0.717, 1.165) is 24.1 Å². The first-order valence-electron chi connectivity index (χ1n) is 6.45. The van der Waals surface area contributed by atoms with Gasteiger partial charge in [0.05, 0.1) is 18.2 Å². The number of H-pyrrole nitrogens is 1. The first kappa shape index (κ1) is 11.3. The highest BCUT2D eigenvalue weighted by atomic mass is 19.1. The minimum Gasteiger partial charge on any atom is -0.312 e. The lowest BCUT2D eigenvalue weighted by Crippen LogP contribution is -2.07. The Kier molecular flexibility index (Phi) is 2.26. The Bertz CT molecular complexity index is 863. The first-order valence-corrected chi connectivity index (χ1v) is 6.45. The number of benzene rings is 1. The van der Waals surface area contributed by atoms with Crippen molar-refractivity contribution in [3.8, 4) is 5.69 Å². The molecule has 20 heavy (non-hydrogen) atoms. The Hall–Kier alpha value is -2.50. The Morgan fingerprint density at radius 1 is 1.35 bits per heavy atom. The van der Waals surface area contributed by atoms with Gasteiger partial charge >= 0.3 is 0 Å². The molecule has 5 nitrogen and oxygen atoms in total. The molecular weight excluding hydrogens is 259 g/mol. The fourth-order valence-electron chi connectivity index (χ4n) is 2.47. The lowest BCUT2D eigenvalue weighted by molar-refractivity contribution is 0.624. The van der Waals surface area contributed by atoms with Crippen LogP contribution >= 0.6 is 0 Å². The third-order valence-electron chi connectivity index (χ3n) is 3.61. The zero-order valence-corrected chi connectivity index (χ0v) is 10.5. The number of hydrogen-bond donors (Lipinski definition) is 1. The summed E-state index contributed by atoms with van der Waals surface area (Å²) in [6.45, 7) is 0. The van der Waals surface area contributed by atoms with Gasteiger partial charge in [-0.3, -0.25) is 4.79 Å². The highest BCUT2D eigenvalue weighted by Crippen LogP contribution is 2.43. The largest absolute Gasteiger partial charge is 0.312 e. The smallest absolute Gasteiger partial charge is 0.261 e. The maximum absolute atomic E-state index is 13.5. The minimum absolute atomic E-state index is 0.226. The standard InChI is InChI=1S/C14H11FN4O/c15-9-3-4-12(10(5-9)8-1-2-8)19-13-11(6-18-19)14(20)17-7-16-13/h3-8H,1-2H2,(H,16,17,20). The zero-order chi connectivity index (χ0) is 13.7. The normalized spacial score (nSPS) is 14.8. The molecule has 1 N–H and O–H groups in total. The Labute approximate surface area is 113 Å². The summed E-state index contributed by atoms with van der Waals surface area (Å²) in [5.41, 5.74) is 1.98. The number of nitrogens with zero attached hydrogens (tertiary/aromatic N) is 3. The Balaban J connectivity index is 2.00. The van der Waals surface area contributed by atoms with E-state index in [1.807, 2.05) is 0 Å². The molecule has 0 unspecified atom stereocenters. The van der Waals surface area contributed by atoms with Gasteiger partial charge in [-0.25, -0.2) is 14.1 Å². The van der Waals surface area contributed by atoms with Crippen LogP contribution in [0.5, 0.6) is 0 Å². The summed E-state index contributed by atoms with van der Waals surface area (Å²) in [7, 11) is 0. The van der Waals surface area contributed by atoms with Crippen molar-refractivity contribution in [2.75, 3.05) is 0 Å². The summed E-state index contributed by atoms with van der Waals surface area (Å²) in [6.07, 6.45) is 4.96. The highest BCUT2D eigenvalue weighted by molar-refractivity contribution is 5.75. The third-order valence-corrected chi connectivity index (χ3v) is 3.61. The summed E-state index contributed by atoms with van der Waals surface area (Å²) >= 11 is 0. The number of fused-ring (bicyclic) bond motifs is 1. The van der Waals surface area contributed by atoms with E-state index in [0.29, 0.717) is 17.0 Å². The topological polar surface area (TPSA) is 63.6 Å². The van der Waals surface area contributed by atoms with Crippen LogP contribution in [-0.2, 0) is 0 Å². The van der Waals surface area contributed by atoms with E-state index in [4.69, 9.17) is 0 Å². The molecule has 1 fully saturated rings. The zero-order valence-electron chi connectivity index (χ0n) is 10.5. The Morgan fingerprint density at radius 2 is 2.20 bits per heavy atom. The average molecular weight is 270 g/mol. The minimum atomic E-state index is -0.252. The van der Waals surface area contributed by atoms with Crippen LogP contribution in [-0.4, -0.2) is 19.7 Å². The molecule has 0 amide bonds. The van der Waals surface area contributed by atoms with Crippen LogP contribution in [0, 0.1) is 5.82 Å². The van der Waals surface area contributed by atoms with Crippen LogP contribution in [0.3, 0.4) is 0 Å². The van der Waals surface area contributed by atoms with Crippen LogP contribution < -0.4 is 5.56 Å². The molecule has 100 valence electrons. The molecule has 2 heterocycles. The fourth-order valence-corrected chi connectivity index (χ4v) is 2.47. The van der Waals surface area contributed by atoms with Crippen LogP contribution in [0.2, 0.25) is 0 Å². The summed E-state index contributed by atoms with van der Waals surface area (Å²) in [4.78, 5) is 18.4. The summed E-state index contributed by atoms with van der Waals surface area (Å²) in [5, 5.41) is 4.67. The molecule has 0 aliphatic heterocycles. The van der Waals surface area contributed by atoms with Crippen molar-refractivity contribution < 1.29 is 4.39 Å². The van der Waals surface area contributed by atoms with Crippen molar-refractivity contribution in [3.05, 3.63) is 52.5 Å². The van der Waals surface area contributed by atoms with Gasteiger partial charge < -0.3 is 4.98 Å². The molecule has 2 aromatic heterocycles. The highest BCUT2D eigenvalue weighted by Gasteiger charge is 2.28. The molecule has 3 aromatic rings. The predicted octanol–water partition coefficient (Wildman–Crippen LogP) is 2.13. The first-order chi connectivity index (χ1) is 9.74. The molecule has 1 aromatic carbocycles. The summed E-state index contributed by atoms with van der Waals surface area (Å²) < 4.78 is 15.1. The molecule has 6 heteroatoms. The molecule has 0 bridgehead atoms. The van der Waals surface area contributed by atoms with E-state index < -0.39 is 0 Å². The second-order valence-electron chi connectivity index (χ2n) is 5.00. The van der Waals surface area contributed by atoms with E-state index in [1.165, 1.54) is 18.6 Å². The van der Waals surface area contributed by atoms with Gasteiger partial charge in [-0.05, 0) is 42.5 Å². The number of halogens is 1. The number of hydrogen-bond acceptors (Lipinski definition) is 3. The molecule has 0 spiro atoms. The van der Waals surface area contributed by atoms with Gasteiger partial charge in [0.25, 0.3) is 5.56 Å². The molecule has 4 rings (SSSR count). The molecule has 0 saturated heterocycles. The average Bonchev–Trinajstić information content (AvgIpc) is 3.20. The van der Waals surface area contributed by atoms with Crippen molar-refractivity contribution in [2.45, 2.75) is 18.8 Å². The summed E-state index contributed by atoms with van der Waals surface area (Å²) in [6, 6.07) is 4.65. The van der Waals surface area contributed by atoms with Gasteiger partial charge in [-0.1, -0.05) is 0 Å². The molecule has 1 aliphatic carbocycles. The van der Waals surface area contributed by atoms with Crippen LogP contribution in [0.25, 0.3) is 16.7 Å². The van der Waals surface area contributed by atoms with E-state index in [-0.39, 0.29) is 11.4 Å². The van der Waals surface area contributed by atoms with Gasteiger partial charge in [0, 0.05) is 0 Å². The summed E-state index contributed by atoms with van der Waals surface area (Å²) in [5.74, 6) is 0.125. The van der Waals surface area contributed by atoms with Crippen molar-refractivity contribution in [2.24, 2.45) is 0 Å². The number of aromatic nitrogens is 4. The molecule has 1 saturated carbocycles. The van der Waals surface area contributed by atoms with Gasteiger partial charge in [-0.2, -0.15) is 5.10 Å². The van der Waals surface area contributed by atoms with Crippen molar-refractivity contribution >= 4 is 11.0 Å². The lowest BCUT2D eigenvalue weighted by Gasteiger charge is -2.09. The van der Waals surface area contributed by atoms with E-state index >= 15 is 0 Å². The molecule has 1 aliphatic rings. The molecule has 0 radical (unpaired) electrons. The monoisotopic (exact) mass is 270 g/mol. The third kappa shape index (κ3) is 1.65. The lowest BCUT2D eigenvalue weighted by atomic mass is 10.1. The Morgan fingerprint density at radius 3 is 3.00 bits per heavy atom. The SMILES string of the molecule is O=c1[nH]cnc2c1cnn2-c1ccc(F)cc1C1CC1. The quantitative estimate of drug-likeness (QED) is 0.775. The van der Waals surface area contributed by atoms with Crippen LogP contribution in [0.4, 0.5) is 4.39 Å². The van der Waals surface area contributed by atoms with Gasteiger partial charge in [0.1, 0.15) is 11.2 Å². The van der Waals surface area contributed by atoms with Crippen molar-refractivity contribution in [1.82, 2.24) is 19.7 Å². The second kappa shape index (κ2) is 4.00. The van der Waals surface area contributed by atoms with E-state index in [1.54, 1.807) is 16.8 Å². The molecular formula is C14H11FN4O. The predicted molar refractivity (Wildman–Crippen MR) is 71.4 cm³/mol. The number of rotatable bonds is 2. The van der Waals surface area contributed by atoms with Gasteiger partial charge in [-0.15, -0.1) is 0 Å². The van der Waals surface area contributed by atoms with Gasteiger partial charge in [0.2, 0.25) is 0 Å². The number of nitrogens with one attached hydrogen (secondary N) is 1.